The number of hydrogen-bond donors (Lipinski definition) is 1. The lowest BCUT2D eigenvalue weighted by atomic mass is 10.1. The summed E-state index contributed by atoms with van der Waals surface area (Å²) in [5.74, 6) is 0.661. The van der Waals surface area contributed by atoms with Gasteiger partial charge < -0.3 is 14.8 Å². The number of amides is 1. The number of methoxy groups -OCH3 is 1. The number of nitrogens with one attached hydrogen (secondary N) is 1. The second-order valence-corrected chi connectivity index (χ2v) is 6.19. The van der Waals surface area contributed by atoms with E-state index in [4.69, 9.17) is 9.47 Å². The summed E-state index contributed by atoms with van der Waals surface area (Å²) in [6, 6.07) is 25.2. The quantitative estimate of drug-likeness (QED) is 0.649. The second-order valence-electron chi connectivity index (χ2n) is 6.19. The Bertz CT molecular complexity index is 860. The summed E-state index contributed by atoms with van der Waals surface area (Å²) in [6.07, 6.45) is 0. The third-order valence-electron chi connectivity index (χ3n) is 4.18. The predicted molar refractivity (Wildman–Crippen MR) is 106 cm³/mol. The minimum absolute atomic E-state index is 0.114. The topological polar surface area (TPSA) is 47.6 Å². The highest BCUT2D eigenvalue weighted by Gasteiger charge is 2.08. The fraction of sp³-hybridized carbons (Fsp3) is 0.174. The third-order valence-corrected chi connectivity index (χ3v) is 4.18. The molecule has 0 heterocycles. The SMILES string of the molecule is COCc1ccc(C(=O)NCc2ccccc2OCc2ccccc2)cc1. The van der Waals surface area contributed by atoms with Gasteiger partial charge in [0, 0.05) is 24.8 Å². The van der Waals surface area contributed by atoms with Crippen molar-refractivity contribution in [3.8, 4) is 5.75 Å². The van der Waals surface area contributed by atoms with Gasteiger partial charge in [-0.1, -0.05) is 60.7 Å². The number of para-hydroxylation sites is 1. The lowest BCUT2D eigenvalue weighted by Gasteiger charge is -2.12. The normalized spacial score (nSPS) is 10.4. The van der Waals surface area contributed by atoms with E-state index in [1.54, 1.807) is 7.11 Å². The van der Waals surface area contributed by atoms with Gasteiger partial charge in [0.1, 0.15) is 12.4 Å². The van der Waals surface area contributed by atoms with E-state index in [1.807, 2.05) is 78.9 Å². The van der Waals surface area contributed by atoms with Crippen molar-refractivity contribution >= 4 is 5.91 Å². The van der Waals surface area contributed by atoms with E-state index in [0.717, 1.165) is 22.4 Å². The summed E-state index contributed by atoms with van der Waals surface area (Å²) in [4.78, 5) is 12.4. The van der Waals surface area contributed by atoms with Gasteiger partial charge in [-0.05, 0) is 29.3 Å². The number of carbonyl (C=O) groups is 1. The lowest BCUT2D eigenvalue weighted by Crippen LogP contribution is -2.23. The Balaban J connectivity index is 1.59. The molecule has 138 valence electrons. The largest absolute Gasteiger partial charge is 0.489 e. The summed E-state index contributed by atoms with van der Waals surface area (Å²) >= 11 is 0. The van der Waals surface area contributed by atoms with E-state index in [2.05, 4.69) is 5.32 Å². The Labute approximate surface area is 159 Å². The van der Waals surface area contributed by atoms with Crippen molar-refractivity contribution in [2.45, 2.75) is 19.8 Å². The molecule has 0 saturated carbocycles. The van der Waals surface area contributed by atoms with Crippen molar-refractivity contribution in [1.82, 2.24) is 5.32 Å². The summed E-state index contributed by atoms with van der Waals surface area (Å²) in [5, 5.41) is 2.96. The smallest absolute Gasteiger partial charge is 0.251 e. The Morgan fingerprint density at radius 1 is 0.815 bits per heavy atom. The van der Waals surface area contributed by atoms with Crippen LogP contribution in [0.5, 0.6) is 5.75 Å². The molecule has 0 bridgehead atoms. The fourth-order valence-corrected chi connectivity index (χ4v) is 2.72. The Hall–Kier alpha value is -3.11. The Kier molecular flexibility index (Phi) is 6.61. The molecule has 3 rings (SSSR count). The van der Waals surface area contributed by atoms with Crippen molar-refractivity contribution < 1.29 is 14.3 Å². The molecule has 4 nitrogen and oxygen atoms in total. The summed E-state index contributed by atoms with van der Waals surface area (Å²) in [7, 11) is 1.65. The van der Waals surface area contributed by atoms with Crippen LogP contribution in [0.25, 0.3) is 0 Å². The minimum atomic E-state index is -0.114. The molecule has 0 radical (unpaired) electrons. The molecule has 4 heteroatoms. The van der Waals surface area contributed by atoms with E-state index in [0.29, 0.717) is 25.3 Å². The number of benzene rings is 3. The van der Waals surface area contributed by atoms with Crippen LogP contribution in [-0.2, 0) is 24.5 Å². The molecule has 1 N–H and O–H groups in total. The van der Waals surface area contributed by atoms with Gasteiger partial charge in [-0.2, -0.15) is 0 Å². The highest BCUT2D eigenvalue weighted by Crippen LogP contribution is 2.19. The molecule has 0 aliphatic carbocycles. The maximum atomic E-state index is 12.4. The number of hydrogen-bond acceptors (Lipinski definition) is 3. The molecule has 27 heavy (non-hydrogen) atoms. The van der Waals surface area contributed by atoms with Crippen LogP contribution in [0.4, 0.5) is 0 Å². The highest BCUT2D eigenvalue weighted by molar-refractivity contribution is 5.94. The lowest BCUT2D eigenvalue weighted by molar-refractivity contribution is 0.0950. The molecule has 0 saturated heterocycles. The van der Waals surface area contributed by atoms with Gasteiger partial charge in [0.15, 0.2) is 0 Å². The third kappa shape index (κ3) is 5.43. The minimum Gasteiger partial charge on any atom is -0.489 e. The molecule has 0 aliphatic rings. The molecule has 0 aromatic heterocycles. The first kappa shape index (κ1) is 18.7. The van der Waals surface area contributed by atoms with E-state index >= 15 is 0 Å². The zero-order valence-electron chi connectivity index (χ0n) is 15.4. The average molecular weight is 361 g/mol. The van der Waals surface area contributed by atoms with Gasteiger partial charge in [0.2, 0.25) is 0 Å². The maximum absolute atomic E-state index is 12.4. The van der Waals surface area contributed by atoms with E-state index < -0.39 is 0 Å². The van der Waals surface area contributed by atoms with Crippen LogP contribution in [0.1, 0.15) is 27.0 Å². The molecule has 0 spiro atoms. The molecular formula is C23H23NO3. The van der Waals surface area contributed by atoms with Crippen LogP contribution in [0, 0.1) is 0 Å². The van der Waals surface area contributed by atoms with Crippen LogP contribution in [0.3, 0.4) is 0 Å². The van der Waals surface area contributed by atoms with Crippen LogP contribution in [0.2, 0.25) is 0 Å². The second kappa shape index (κ2) is 9.55. The monoisotopic (exact) mass is 361 g/mol. The van der Waals surface area contributed by atoms with Gasteiger partial charge in [-0.15, -0.1) is 0 Å². The Morgan fingerprint density at radius 3 is 2.22 bits per heavy atom. The van der Waals surface area contributed by atoms with Crippen molar-refractivity contribution in [3.63, 3.8) is 0 Å². The zero-order chi connectivity index (χ0) is 18.9. The van der Waals surface area contributed by atoms with Gasteiger partial charge in [-0.25, -0.2) is 0 Å². The molecular weight excluding hydrogens is 338 g/mol. The van der Waals surface area contributed by atoms with Crippen LogP contribution in [0.15, 0.2) is 78.9 Å². The molecule has 0 atom stereocenters. The number of ether oxygens (including phenoxy) is 2. The fourth-order valence-electron chi connectivity index (χ4n) is 2.72. The molecule has 0 aliphatic heterocycles. The van der Waals surface area contributed by atoms with Crippen LogP contribution in [-0.4, -0.2) is 13.0 Å². The standard InChI is InChI=1S/C23H23NO3/c1-26-16-19-11-13-20(14-12-19)23(25)24-15-21-9-5-6-10-22(21)27-17-18-7-3-2-4-8-18/h2-14H,15-17H2,1H3,(H,24,25). The van der Waals surface area contributed by atoms with E-state index in [-0.39, 0.29) is 5.91 Å². The average Bonchev–Trinajstić information content (AvgIpc) is 2.72. The molecule has 0 fully saturated rings. The Morgan fingerprint density at radius 2 is 1.48 bits per heavy atom. The van der Waals surface area contributed by atoms with Gasteiger partial charge in [-0.3, -0.25) is 4.79 Å². The summed E-state index contributed by atoms with van der Waals surface area (Å²) in [5.41, 5.74) is 3.71. The van der Waals surface area contributed by atoms with E-state index in [9.17, 15) is 4.79 Å². The number of rotatable bonds is 8. The first-order chi connectivity index (χ1) is 13.3. The molecule has 3 aromatic rings. The maximum Gasteiger partial charge on any atom is 0.251 e. The summed E-state index contributed by atoms with van der Waals surface area (Å²) < 4.78 is 11.0. The van der Waals surface area contributed by atoms with Crippen LogP contribution < -0.4 is 10.1 Å². The predicted octanol–water partition coefficient (Wildman–Crippen LogP) is 4.34. The first-order valence-corrected chi connectivity index (χ1v) is 8.87. The van der Waals surface area contributed by atoms with Gasteiger partial charge >= 0.3 is 0 Å². The number of carbonyl (C=O) groups excluding carboxylic acids is 1. The van der Waals surface area contributed by atoms with Crippen LogP contribution >= 0.6 is 0 Å². The van der Waals surface area contributed by atoms with Crippen molar-refractivity contribution in [1.29, 1.82) is 0 Å². The molecule has 1 amide bonds. The zero-order valence-corrected chi connectivity index (χ0v) is 15.4. The van der Waals surface area contributed by atoms with Crippen molar-refractivity contribution in [2.24, 2.45) is 0 Å². The molecule has 3 aromatic carbocycles. The van der Waals surface area contributed by atoms with Gasteiger partial charge in [0.25, 0.3) is 5.91 Å². The summed E-state index contributed by atoms with van der Waals surface area (Å²) in [6.45, 7) is 1.43. The first-order valence-electron chi connectivity index (χ1n) is 8.87. The van der Waals surface area contributed by atoms with Gasteiger partial charge in [0.05, 0.1) is 6.61 Å². The highest BCUT2D eigenvalue weighted by atomic mass is 16.5. The van der Waals surface area contributed by atoms with Crippen molar-refractivity contribution in [2.75, 3.05) is 7.11 Å². The van der Waals surface area contributed by atoms with E-state index in [1.165, 1.54) is 0 Å². The molecule has 0 unspecified atom stereocenters. The van der Waals surface area contributed by atoms with Crippen molar-refractivity contribution in [3.05, 3.63) is 101 Å².